The van der Waals surface area contributed by atoms with E-state index >= 15 is 0 Å². The predicted octanol–water partition coefficient (Wildman–Crippen LogP) is 2.03. The third kappa shape index (κ3) is 4.81. The van der Waals surface area contributed by atoms with Crippen molar-refractivity contribution in [1.29, 1.82) is 0 Å². The number of aliphatic hydroxyl groups excluding tert-OH is 1. The average molecular weight is 349 g/mol. The highest BCUT2D eigenvalue weighted by atomic mass is 16.7. The van der Waals surface area contributed by atoms with Gasteiger partial charge in [0.05, 0.1) is 26.4 Å². The SMILES string of the molecule is C=CC(=O)N(Cc1cc(C)cc(OC)c1)[C@@H](CO)[C@@H]1COC(C)(C)O1. The van der Waals surface area contributed by atoms with Crippen LogP contribution in [0.5, 0.6) is 5.75 Å². The summed E-state index contributed by atoms with van der Waals surface area (Å²) in [6, 6.07) is 5.25. The van der Waals surface area contributed by atoms with E-state index in [1.807, 2.05) is 39.0 Å². The molecule has 6 heteroatoms. The van der Waals surface area contributed by atoms with Crippen LogP contribution in [0.1, 0.15) is 25.0 Å². The third-order valence-electron chi connectivity index (χ3n) is 4.20. The molecule has 25 heavy (non-hydrogen) atoms. The number of ether oxygens (including phenoxy) is 3. The van der Waals surface area contributed by atoms with Crippen molar-refractivity contribution in [2.45, 2.75) is 45.2 Å². The topological polar surface area (TPSA) is 68.2 Å². The summed E-state index contributed by atoms with van der Waals surface area (Å²) in [5.74, 6) is -0.274. The average Bonchev–Trinajstić information content (AvgIpc) is 2.93. The Bertz CT molecular complexity index is 628. The minimum atomic E-state index is -0.729. The number of aliphatic hydroxyl groups is 1. The van der Waals surface area contributed by atoms with Gasteiger partial charge in [-0.1, -0.05) is 12.6 Å². The number of carbonyl (C=O) groups is 1. The minimum Gasteiger partial charge on any atom is -0.497 e. The first-order valence-corrected chi connectivity index (χ1v) is 8.30. The fraction of sp³-hybridized carbons (Fsp3) is 0.526. The van der Waals surface area contributed by atoms with Crippen molar-refractivity contribution in [3.8, 4) is 5.75 Å². The Kier molecular flexibility index (Phi) is 6.21. The van der Waals surface area contributed by atoms with Crippen LogP contribution < -0.4 is 4.74 Å². The van der Waals surface area contributed by atoms with Gasteiger partial charge < -0.3 is 24.2 Å². The second kappa shape index (κ2) is 7.99. The summed E-state index contributed by atoms with van der Waals surface area (Å²) >= 11 is 0. The highest BCUT2D eigenvalue weighted by Crippen LogP contribution is 2.27. The monoisotopic (exact) mass is 349 g/mol. The molecule has 6 nitrogen and oxygen atoms in total. The maximum Gasteiger partial charge on any atom is 0.246 e. The summed E-state index contributed by atoms with van der Waals surface area (Å²) < 4.78 is 16.7. The van der Waals surface area contributed by atoms with Crippen LogP contribution in [-0.2, 0) is 20.8 Å². The summed E-state index contributed by atoms with van der Waals surface area (Å²) in [7, 11) is 1.60. The van der Waals surface area contributed by atoms with Crippen LogP contribution in [0, 0.1) is 6.92 Å². The van der Waals surface area contributed by atoms with Gasteiger partial charge in [-0.15, -0.1) is 0 Å². The molecular formula is C19H27NO5. The zero-order valence-electron chi connectivity index (χ0n) is 15.3. The van der Waals surface area contributed by atoms with Gasteiger partial charge in [-0.05, 0) is 50.1 Å². The number of aryl methyl sites for hydroxylation is 1. The van der Waals surface area contributed by atoms with Crippen molar-refractivity contribution in [3.63, 3.8) is 0 Å². The molecule has 0 aromatic heterocycles. The molecule has 0 spiro atoms. The zero-order chi connectivity index (χ0) is 18.6. The number of benzene rings is 1. The van der Waals surface area contributed by atoms with E-state index in [1.165, 1.54) is 6.08 Å². The molecule has 1 saturated heterocycles. The maximum absolute atomic E-state index is 12.4. The maximum atomic E-state index is 12.4. The predicted molar refractivity (Wildman–Crippen MR) is 94.3 cm³/mol. The molecule has 1 aliphatic heterocycles. The fourth-order valence-electron chi connectivity index (χ4n) is 3.03. The fourth-order valence-corrected chi connectivity index (χ4v) is 3.03. The lowest BCUT2D eigenvalue weighted by Gasteiger charge is -2.33. The molecular weight excluding hydrogens is 322 g/mol. The highest BCUT2D eigenvalue weighted by Gasteiger charge is 2.40. The van der Waals surface area contributed by atoms with E-state index < -0.39 is 17.9 Å². The lowest BCUT2D eigenvalue weighted by atomic mass is 10.1. The van der Waals surface area contributed by atoms with Gasteiger partial charge in [0, 0.05) is 6.54 Å². The molecule has 0 radical (unpaired) electrons. The van der Waals surface area contributed by atoms with Crippen LogP contribution in [-0.4, -0.2) is 54.2 Å². The summed E-state index contributed by atoms with van der Waals surface area (Å²) in [5, 5.41) is 9.92. The molecule has 0 unspecified atom stereocenters. The van der Waals surface area contributed by atoms with E-state index in [-0.39, 0.29) is 12.5 Å². The van der Waals surface area contributed by atoms with E-state index in [2.05, 4.69) is 6.58 Å². The quantitative estimate of drug-likeness (QED) is 0.763. The molecule has 138 valence electrons. The van der Waals surface area contributed by atoms with Crippen molar-refractivity contribution in [3.05, 3.63) is 42.0 Å². The number of carbonyl (C=O) groups excluding carboxylic acids is 1. The van der Waals surface area contributed by atoms with Crippen molar-refractivity contribution in [2.75, 3.05) is 20.3 Å². The third-order valence-corrected chi connectivity index (χ3v) is 4.20. The van der Waals surface area contributed by atoms with Gasteiger partial charge in [-0.3, -0.25) is 4.79 Å². The lowest BCUT2D eigenvalue weighted by molar-refractivity contribution is -0.154. The van der Waals surface area contributed by atoms with E-state index in [4.69, 9.17) is 14.2 Å². The Hall–Kier alpha value is -1.89. The van der Waals surface area contributed by atoms with Crippen molar-refractivity contribution < 1.29 is 24.1 Å². The Balaban J connectivity index is 2.27. The van der Waals surface area contributed by atoms with Crippen LogP contribution in [0.25, 0.3) is 0 Å². The van der Waals surface area contributed by atoms with Gasteiger partial charge in [0.15, 0.2) is 5.79 Å². The van der Waals surface area contributed by atoms with Crippen LogP contribution in [0.2, 0.25) is 0 Å². The van der Waals surface area contributed by atoms with E-state index in [0.29, 0.717) is 13.2 Å². The number of hydrogen-bond donors (Lipinski definition) is 1. The molecule has 2 atom stereocenters. The van der Waals surface area contributed by atoms with Gasteiger partial charge in [0.2, 0.25) is 5.91 Å². The van der Waals surface area contributed by atoms with Crippen molar-refractivity contribution in [1.82, 2.24) is 4.90 Å². The first-order chi connectivity index (χ1) is 11.8. The summed E-state index contributed by atoms with van der Waals surface area (Å²) in [4.78, 5) is 14.0. The molecule has 1 amide bonds. The van der Waals surface area contributed by atoms with Crippen LogP contribution in [0.3, 0.4) is 0 Å². The molecule has 1 aliphatic rings. The largest absolute Gasteiger partial charge is 0.497 e. The molecule has 1 aromatic rings. The Morgan fingerprint density at radius 3 is 2.76 bits per heavy atom. The van der Waals surface area contributed by atoms with E-state index in [1.54, 1.807) is 12.0 Å². The van der Waals surface area contributed by atoms with Gasteiger partial charge in [0.1, 0.15) is 11.9 Å². The van der Waals surface area contributed by atoms with Crippen LogP contribution in [0.4, 0.5) is 0 Å². The highest BCUT2D eigenvalue weighted by molar-refractivity contribution is 5.87. The minimum absolute atomic E-state index is 0.230. The Labute approximate surface area is 149 Å². The van der Waals surface area contributed by atoms with Gasteiger partial charge in [0.25, 0.3) is 0 Å². The van der Waals surface area contributed by atoms with Gasteiger partial charge >= 0.3 is 0 Å². The standard InChI is InChI=1S/C19H27NO5/c1-6-18(22)20(10-14-7-13(2)8-15(9-14)23-5)16(11-21)17-12-24-19(3,4)25-17/h6-9,16-17,21H,1,10-12H2,2-5H3/t16-,17-/m0/s1. The number of amides is 1. The normalized spacial score (nSPS) is 20.1. The van der Waals surface area contributed by atoms with Crippen LogP contribution in [0.15, 0.2) is 30.9 Å². The molecule has 2 rings (SSSR count). The number of methoxy groups -OCH3 is 1. The second-order valence-electron chi connectivity index (χ2n) is 6.65. The van der Waals surface area contributed by atoms with E-state index in [0.717, 1.165) is 16.9 Å². The number of rotatable bonds is 7. The summed E-state index contributed by atoms with van der Waals surface area (Å²) in [6.45, 7) is 9.56. The summed E-state index contributed by atoms with van der Waals surface area (Å²) in [6.07, 6.45) is 0.840. The van der Waals surface area contributed by atoms with Crippen molar-refractivity contribution in [2.24, 2.45) is 0 Å². The summed E-state index contributed by atoms with van der Waals surface area (Å²) in [5.41, 5.74) is 1.94. The molecule has 1 heterocycles. The molecule has 0 saturated carbocycles. The Morgan fingerprint density at radius 2 is 2.24 bits per heavy atom. The lowest BCUT2D eigenvalue weighted by Crippen LogP contribution is -2.49. The van der Waals surface area contributed by atoms with Crippen molar-refractivity contribution >= 4 is 5.91 Å². The van der Waals surface area contributed by atoms with E-state index in [9.17, 15) is 9.90 Å². The smallest absolute Gasteiger partial charge is 0.246 e. The molecule has 0 bridgehead atoms. The second-order valence-corrected chi connectivity index (χ2v) is 6.65. The molecule has 1 fully saturated rings. The molecule has 1 N–H and O–H groups in total. The Morgan fingerprint density at radius 1 is 1.52 bits per heavy atom. The molecule has 0 aliphatic carbocycles. The number of nitrogens with zero attached hydrogens (tertiary/aromatic N) is 1. The van der Waals surface area contributed by atoms with Crippen LogP contribution >= 0.6 is 0 Å². The first-order valence-electron chi connectivity index (χ1n) is 8.30. The van der Waals surface area contributed by atoms with Gasteiger partial charge in [-0.25, -0.2) is 0 Å². The first kappa shape index (κ1) is 19.4. The molecule has 1 aromatic carbocycles. The number of hydrogen-bond acceptors (Lipinski definition) is 5. The zero-order valence-corrected chi connectivity index (χ0v) is 15.3. The van der Waals surface area contributed by atoms with Gasteiger partial charge in [-0.2, -0.15) is 0 Å².